The third-order valence-corrected chi connectivity index (χ3v) is 12.8. The van der Waals surface area contributed by atoms with Gasteiger partial charge in [-0.15, -0.1) is 0 Å². The lowest BCUT2D eigenvalue weighted by atomic mass is 9.83. The monoisotopic (exact) mass is 792 g/mol. The number of alkyl carbamates (subject to hydrolysis) is 2. The Morgan fingerprint density at radius 3 is 2.00 bits per heavy atom. The van der Waals surface area contributed by atoms with E-state index in [2.05, 4.69) is 57.3 Å². The first-order valence-electron chi connectivity index (χ1n) is 20.9. The number of aliphatic imine (C=N–C) groups is 1. The molecule has 0 bridgehead atoms. The standard InChI is InChI=1S/C44H56N8O6/c1-23(2)35(49-43(55)57-5)41(53)51-19-7-9-33(51)39-45-31-17-13-27-21-25(11-15-29(27)37(31)47-39)26-12-16-30-28(22-26)14-18-32-38(30)48-40(46-32)34-10-8-20-52(34)42(54)36(24(3)4)50-44(56)58-6/h11-12,15-16,21-24,31,33-37H,7-10,13-14,17-20H2,1-6H3,(H,45,47)(H,46,48)(H,49,55)(H,50,56)/t31?,33-,34-,35-,36-,37?/m0/s1. The van der Waals surface area contributed by atoms with E-state index in [9.17, 15) is 19.2 Å². The van der Waals surface area contributed by atoms with Gasteiger partial charge in [-0.25, -0.2) is 14.6 Å². The average molecular weight is 793 g/mol. The summed E-state index contributed by atoms with van der Waals surface area (Å²) in [5.74, 6) is 1.28. The Morgan fingerprint density at radius 1 is 0.759 bits per heavy atom. The van der Waals surface area contributed by atoms with E-state index in [1.54, 1.807) is 0 Å². The van der Waals surface area contributed by atoms with Crippen LogP contribution in [0.2, 0.25) is 0 Å². The molecule has 2 fully saturated rings. The number of ether oxygens (including phenoxy) is 2. The number of hydrogen-bond acceptors (Lipinski definition) is 9. The highest BCUT2D eigenvalue weighted by Gasteiger charge is 2.43. The topological polar surface area (TPSA) is 170 Å². The minimum Gasteiger partial charge on any atom is -0.453 e. The van der Waals surface area contributed by atoms with Crippen LogP contribution in [0.5, 0.6) is 0 Å². The second-order valence-electron chi connectivity index (χ2n) is 17.1. The molecule has 4 N–H and O–H groups in total. The number of aromatic nitrogens is 2. The number of rotatable bonds is 9. The molecule has 58 heavy (non-hydrogen) atoms. The predicted octanol–water partition coefficient (Wildman–Crippen LogP) is 5.62. The van der Waals surface area contributed by atoms with Gasteiger partial charge in [0.25, 0.3) is 0 Å². The lowest BCUT2D eigenvalue weighted by molar-refractivity contribution is -0.135. The van der Waals surface area contributed by atoms with Crippen LogP contribution in [0, 0.1) is 11.8 Å². The molecule has 4 heterocycles. The van der Waals surface area contributed by atoms with Gasteiger partial charge in [-0.05, 0) is 91.0 Å². The molecule has 6 atom stereocenters. The molecule has 4 amide bonds. The maximum absolute atomic E-state index is 13.7. The van der Waals surface area contributed by atoms with E-state index in [1.807, 2.05) is 37.5 Å². The highest BCUT2D eigenvalue weighted by molar-refractivity contribution is 5.96. The number of H-pyrrole nitrogens is 1. The number of likely N-dealkylation sites (tertiary alicyclic amines) is 2. The number of fused-ring (bicyclic) bond motifs is 6. The smallest absolute Gasteiger partial charge is 0.407 e. The minimum absolute atomic E-state index is 0.0123. The number of nitrogens with zero attached hydrogens (tertiary/aromatic N) is 4. The third kappa shape index (κ3) is 7.30. The number of methoxy groups -OCH3 is 2. The van der Waals surface area contributed by atoms with E-state index < -0.39 is 24.3 Å². The van der Waals surface area contributed by atoms with Crippen molar-refractivity contribution in [1.29, 1.82) is 0 Å². The van der Waals surface area contributed by atoms with Crippen LogP contribution in [-0.4, -0.2) is 101 Å². The Kier molecular flexibility index (Phi) is 10.9. The summed E-state index contributed by atoms with van der Waals surface area (Å²) < 4.78 is 9.61. The predicted molar refractivity (Wildman–Crippen MR) is 219 cm³/mol. The first kappa shape index (κ1) is 39.4. The summed E-state index contributed by atoms with van der Waals surface area (Å²) in [7, 11) is 2.61. The molecule has 2 unspecified atom stereocenters. The van der Waals surface area contributed by atoms with Crippen LogP contribution < -0.4 is 16.0 Å². The van der Waals surface area contributed by atoms with E-state index in [4.69, 9.17) is 19.5 Å². The summed E-state index contributed by atoms with van der Waals surface area (Å²) in [5.41, 5.74) is 9.31. The van der Waals surface area contributed by atoms with Crippen molar-refractivity contribution in [1.82, 2.24) is 35.7 Å². The highest BCUT2D eigenvalue weighted by atomic mass is 16.5. The number of amides is 4. The van der Waals surface area contributed by atoms with Crippen molar-refractivity contribution < 1.29 is 28.7 Å². The Hall–Kier alpha value is -5.40. The Morgan fingerprint density at radius 2 is 1.36 bits per heavy atom. The molecule has 14 heteroatoms. The molecule has 8 rings (SSSR count). The van der Waals surface area contributed by atoms with Crippen molar-refractivity contribution in [3.05, 3.63) is 64.6 Å². The highest BCUT2D eigenvalue weighted by Crippen LogP contribution is 2.41. The molecule has 2 saturated heterocycles. The van der Waals surface area contributed by atoms with Crippen molar-refractivity contribution in [2.45, 2.75) is 115 Å². The molecular weight excluding hydrogens is 737 g/mol. The van der Waals surface area contributed by atoms with Gasteiger partial charge in [0.1, 0.15) is 23.7 Å². The normalized spacial score (nSPS) is 22.9. The van der Waals surface area contributed by atoms with Crippen LogP contribution in [0.25, 0.3) is 22.4 Å². The quantitative estimate of drug-likeness (QED) is 0.217. The first-order chi connectivity index (χ1) is 27.9. The molecule has 0 radical (unpaired) electrons. The molecule has 0 spiro atoms. The number of carbonyl (C=O) groups is 4. The Labute approximate surface area is 339 Å². The lowest BCUT2D eigenvalue weighted by Gasteiger charge is -2.31. The van der Waals surface area contributed by atoms with Crippen molar-refractivity contribution in [2.24, 2.45) is 16.8 Å². The van der Waals surface area contributed by atoms with Crippen LogP contribution in [0.1, 0.15) is 100 Å². The molecule has 5 aliphatic rings. The van der Waals surface area contributed by atoms with E-state index in [0.29, 0.717) is 13.1 Å². The molecule has 308 valence electrons. The van der Waals surface area contributed by atoms with E-state index in [1.165, 1.54) is 42.0 Å². The van der Waals surface area contributed by atoms with E-state index in [-0.39, 0.29) is 47.8 Å². The van der Waals surface area contributed by atoms with Gasteiger partial charge in [-0.3, -0.25) is 14.6 Å². The SMILES string of the molecule is COC(=O)N[C@H](C(=O)N1CCC[C@H]1C1=NC2c3ccc(-c4ccc5c(c4)CCc4[nH]c([C@@H]6CCCN6C(=O)[C@@H](NC(=O)OC)C(C)C)nc4-5)cc3CCC2N1)C(C)C. The molecule has 2 aliphatic carbocycles. The van der Waals surface area contributed by atoms with Crippen LogP contribution in [0.4, 0.5) is 9.59 Å². The van der Waals surface area contributed by atoms with Crippen molar-refractivity contribution >= 4 is 29.8 Å². The van der Waals surface area contributed by atoms with E-state index >= 15 is 0 Å². The molecule has 1 aromatic heterocycles. The number of benzene rings is 2. The van der Waals surface area contributed by atoms with Gasteiger partial charge in [0.15, 0.2) is 0 Å². The van der Waals surface area contributed by atoms with Crippen molar-refractivity contribution in [2.75, 3.05) is 27.3 Å². The third-order valence-electron chi connectivity index (χ3n) is 12.8. The van der Waals surface area contributed by atoms with E-state index in [0.717, 1.165) is 80.0 Å². The maximum atomic E-state index is 13.7. The van der Waals surface area contributed by atoms with Crippen molar-refractivity contribution in [3.8, 4) is 22.4 Å². The number of nitrogens with one attached hydrogen (secondary N) is 4. The molecule has 0 saturated carbocycles. The molecule has 2 aromatic carbocycles. The fourth-order valence-corrected chi connectivity index (χ4v) is 9.69. The molecule has 3 aliphatic heterocycles. The first-order valence-corrected chi connectivity index (χ1v) is 20.9. The number of aryl methyl sites for hydroxylation is 3. The number of hydrogen-bond donors (Lipinski definition) is 4. The zero-order chi connectivity index (χ0) is 40.8. The Balaban J connectivity index is 0.987. The average Bonchev–Trinajstić information content (AvgIpc) is 4.06. The molecule has 14 nitrogen and oxygen atoms in total. The summed E-state index contributed by atoms with van der Waals surface area (Å²) in [6.45, 7) is 8.95. The fourth-order valence-electron chi connectivity index (χ4n) is 9.69. The lowest BCUT2D eigenvalue weighted by Crippen LogP contribution is -2.55. The van der Waals surface area contributed by atoms with Crippen LogP contribution in [0.3, 0.4) is 0 Å². The zero-order valence-corrected chi connectivity index (χ0v) is 34.4. The number of carbonyl (C=O) groups excluding carboxylic acids is 4. The Bertz CT molecular complexity index is 2130. The number of amidine groups is 1. The van der Waals surface area contributed by atoms with Gasteiger partial charge in [0.2, 0.25) is 11.8 Å². The van der Waals surface area contributed by atoms with Gasteiger partial charge in [-0.1, -0.05) is 64.1 Å². The summed E-state index contributed by atoms with van der Waals surface area (Å²) in [6, 6.07) is 11.9. The second kappa shape index (κ2) is 16.1. The second-order valence-corrected chi connectivity index (χ2v) is 17.1. The maximum Gasteiger partial charge on any atom is 0.407 e. The number of imidazole rings is 1. The summed E-state index contributed by atoms with van der Waals surface area (Å²) >= 11 is 0. The van der Waals surface area contributed by atoms with Crippen LogP contribution >= 0.6 is 0 Å². The van der Waals surface area contributed by atoms with Gasteiger partial charge >= 0.3 is 12.2 Å². The van der Waals surface area contributed by atoms with Gasteiger partial charge in [0, 0.05) is 24.3 Å². The van der Waals surface area contributed by atoms with Gasteiger partial charge in [0.05, 0.1) is 44.1 Å². The number of aromatic amines is 1. The fraction of sp³-hybridized carbons (Fsp3) is 0.545. The largest absolute Gasteiger partial charge is 0.453 e. The summed E-state index contributed by atoms with van der Waals surface area (Å²) in [5, 5.41) is 9.19. The zero-order valence-electron chi connectivity index (χ0n) is 34.4. The van der Waals surface area contributed by atoms with Crippen molar-refractivity contribution in [3.63, 3.8) is 0 Å². The summed E-state index contributed by atoms with van der Waals surface area (Å²) in [6.07, 6.45) is 5.79. The van der Waals surface area contributed by atoms with Crippen LogP contribution in [-0.2, 0) is 38.3 Å². The molecular formula is C44H56N8O6. The molecule has 3 aromatic rings. The van der Waals surface area contributed by atoms with Gasteiger partial charge in [-0.2, -0.15) is 0 Å². The summed E-state index contributed by atoms with van der Waals surface area (Å²) in [4.78, 5) is 69.3. The van der Waals surface area contributed by atoms with Gasteiger partial charge < -0.3 is 40.2 Å². The van der Waals surface area contributed by atoms with Crippen LogP contribution in [0.15, 0.2) is 41.4 Å². The minimum atomic E-state index is -0.677.